The molecule has 1 saturated carbocycles. The maximum atomic E-state index is 5.54. The molecule has 0 amide bonds. The molecule has 1 fully saturated rings. The fraction of sp³-hybridized carbons (Fsp3) is 0.917. The van der Waals surface area contributed by atoms with Crippen LogP contribution >= 0.6 is 0 Å². The summed E-state index contributed by atoms with van der Waals surface area (Å²) in [7, 11) is 0.884. The first-order valence-electron chi connectivity index (χ1n) is 6.56. The van der Waals surface area contributed by atoms with Crippen LogP contribution in [0, 0.1) is 5.92 Å². The zero-order chi connectivity index (χ0) is 12.7. The second kappa shape index (κ2) is 7.13. The molecule has 2 N–H and O–H groups in total. The minimum absolute atomic E-state index is 0.552. The van der Waals surface area contributed by atoms with Crippen molar-refractivity contribution in [1.82, 2.24) is 10.9 Å². The second-order valence-corrected chi connectivity index (χ2v) is 11.5. The fourth-order valence-corrected chi connectivity index (χ4v) is 2.41. The number of nitrogens with zero attached hydrogens (tertiary/aromatic N) is 1. The molecule has 0 aromatic heterocycles. The van der Waals surface area contributed by atoms with Gasteiger partial charge in [-0.2, -0.15) is 0 Å². The normalized spacial score (nSPS) is 18.0. The molecule has 1 aliphatic rings. The number of amidine groups is 1. The number of rotatable bonds is 7. The number of aliphatic imine (C=N–C) groups is 1. The molecule has 17 heavy (non-hydrogen) atoms. The first-order valence-corrected chi connectivity index (χ1v) is 10.3. The molecule has 100 valence electrons. The van der Waals surface area contributed by atoms with Gasteiger partial charge in [-0.3, -0.25) is 4.99 Å². The maximum absolute atomic E-state index is 5.54. The Balaban J connectivity index is 1.99. The second-order valence-electron chi connectivity index (χ2n) is 5.90. The molecule has 0 saturated heterocycles. The molecule has 0 atom stereocenters. The Morgan fingerprint density at radius 3 is 2.53 bits per heavy atom. The van der Waals surface area contributed by atoms with Gasteiger partial charge in [0.25, 0.3) is 0 Å². The van der Waals surface area contributed by atoms with Crippen LogP contribution in [-0.2, 0) is 4.74 Å². The van der Waals surface area contributed by atoms with Gasteiger partial charge in [0.2, 0.25) is 0 Å². The van der Waals surface area contributed by atoms with Gasteiger partial charge in [0.1, 0.15) is 12.6 Å². The first-order chi connectivity index (χ1) is 8.03. The fourth-order valence-electron chi connectivity index (χ4n) is 1.65. The third-order valence-corrected chi connectivity index (χ3v) is 4.82. The van der Waals surface area contributed by atoms with E-state index in [-0.39, 0.29) is 0 Å². The molecule has 0 bridgehead atoms. The van der Waals surface area contributed by atoms with Crippen molar-refractivity contribution in [3.05, 3.63) is 0 Å². The van der Waals surface area contributed by atoms with Gasteiger partial charge in [-0.15, -0.1) is 0 Å². The lowest BCUT2D eigenvalue weighted by atomic mass is 9.84. The van der Waals surface area contributed by atoms with Crippen molar-refractivity contribution in [3.63, 3.8) is 0 Å². The van der Waals surface area contributed by atoms with Crippen LogP contribution in [-0.4, -0.2) is 34.3 Å². The lowest BCUT2D eigenvalue weighted by Gasteiger charge is -2.27. The first kappa shape index (κ1) is 14.7. The van der Waals surface area contributed by atoms with Crippen molar-refractivity contribution in [2.45, 2.75) is 44.9 Å². The van der Waals surface area contributed by atoms with Crippen LogP contribution in [0.3, 0.4) is 0 Å². The lowest BCUT2D eigenvalue weighted by Crippen LogP contribution is -2.44. The van der Waals surface area contributed by atoms with E-state index >= 15 is 0 Å². The predicted octanol–water partition coefficient (Wildman–Crippen LogP) is 2.22. The molecule has 0 radical (unpaired) electrons. The van der Waals surface area contributed by atoms with E-state index in [2.05, 4.69) is 35.5 Å². The third kappa shape index (κ3) is 6.19. The summed E-state index contributed by atoms with van der Waals surface area (Å²) in [5, 5.41) is 0. The smallest absolute Gasteiger partial charge is 0.113 e. The van der Waals surface area contributed by atoms with Crippen molar-refractivity contribution in [1.29, 1.82) is 0 Å². The van der Waals surface area contributed by atoms with Gasteiger partial charge < -0.3 is 10.2 Å². The van der Waals surface area contributed by atoms with Crippen LogP contribution in [0.4, 0.5) is 0 Å². The number of hydrogen-bond acceptors (Lipinski definition) is 3. The van der Waals surface area contributed by atoms with E-state index in [9.17, 15) is 0 Å². The molecule has 4 nitrogen and oxygen atoms in total. The number of nitrogens with one attached hydrogen (secondary N) is 2. The molecule has 1 aliphatic carbocycles. The Kier molecular flexibility index (Phi) is 6.15. The summed E-state index contributed by atoms with van der Waals surface area (Å²) in [6.07, 6.45) is 3.85. The Morgan fingerprint density at radius 2 is 2.06 bits per heavy atom. The summed E-state index contributed by atoms with van der Waals surface area (Å²) >= 11 is 0. The Morgan fingerprint density at radius 1 is 1.35 bits per heavy atom. The highest BCUT2D eigenvalue weighted by molar-refractivity contribution is 6.76. The van der Waals surface area contributed by atoms with Gasteiger partial charge in [0.15, 0.2) is 0 Å². The molecule has 1 rings (SSSR count). The average molecular weight is 257 g/mol. The minimum atomic E-state index is -0.958. The lowest BCUT2D eigenvalue weighted by molar-refractivity contribution is 0.122. The highest BCUT2D eigenvalue weighted by Gasteiger charge is 2.22. The zero-order valence-corrected chi connectivity index (χ0v) is 12.7. The third-order valence-electron chi connectivity index (χ3n) is 3.12. The Bertz CT molecular complexity index is 247. The van der Waals surface area contributed by atoms with E-state index in [4.69, 9.17) is 4.74 Å². The van der Waals surface area contributed by atoms with E-state index in [0.717, 1.165) is 12.4 Å². The Labute approximate surface area is 106 Å². The van der Waals surface area contributed by atoms with Crippen molar-refractivity contribution >= 4 is 13.9 Å². The molecule has 0 aromatic carbocycles. The summed E-state index contributed by atoms with van der Waals surface area (Å²) in [5.74, 6) is 1.71. The molecule has 0 heterocycles. The van der Waals surface area contributed by atoms with Gasteiger partial charge in [0.05, 0.1) is 0 Å². The van der Waals surface area contributed by atoms with Gasteiger partial charge >= 0.3 is 0 Å². The summed E-state index contributed by atoms with van der Waals surface area (Å²) in [6, 6.07) is 1.21. The monoisotopic (exact) mass is 257 g/mol. The van der Waals surface area contributed by atoms with E-state index in [1.165, 1.54) is 25.3 Å². The molecular formula is C12H27N3OSi. The number of hydrogen-bond donors (Lipinski definition) is 2. The van der Waals surface area contributed by atoms with E-state index in [1.54, 1.807) is 0 Å². The number of ether oxygens (including phenoxy) is 1. The van der Waals surface area contributed by atoms with Crippen LogP contribution in [0.2, 0.25) is 25.7 Å². The highest BCUT2D eigenvalue weighted by Crippen LogP contribution is 2.26. The molecule has 0 unspecified atom stereocenters. The molecule has 0 spiro atoms. The molecule has 0 aromatic rings. The van der Waals surface area contributed by atoms with Crippen molar-refractivity contribution in [2.24, 2.45) is 10.9 Å². The van der Waals surface area contributed by atoms with Gasteiger partial charge in [-0.1, -0.05) is 26.1 Å². The SMILES string of the molecule is CN=C(NNCOCC[Si](C)(C)C)C1CCC1. The quantitative estimate of drug-likeness (QED) is 0.184. The van der Waals surface area contributed by atoms with Crippen LogP contribution in [0.1, 0.15) is 19.3 Å². The largest absolute Gasteiger partial charge is 0.365 e. The van der Waals surface area contributed by atoms with Gasteiger partial charge in [-0.25, -0.2) is 5.43 Å². The Hall–Kier alpha value is -0.393. The topological polar surface area (TPSA) is 45.7 Å². The average Bonchev–Trinajstić information content (AvgIpc) is 2.16. The van der Waals surface area contributed by atoms with Crippen LogP contribution in [0.25, 0.3) is 0 Å². The van der Waals surface area contributed by atoms with Crippen LogP contribution in [0.15, 0.2) is 4.99 Å². The van der Waals surface area contributed by atoms with Crippen molar-refractivity contribution in [3.8, 4) is 0 Å². The summed E-state index contributed by atoms with van der Waals surface area (Å²) in [5.41, 5.74) is 6.24. The van der Waals surface area contributed by atoms with Crippen LogP contribution < -0.4 is 10.9 Å². The summed E-state index contributed by atoms with van der Waals surface area (Å²) in [4.78, 5) is 4.26. The summed E-state index contributed by atoms with van der Waals surface area (Å²) in [6.45, 7) is 8.49. The van der Waals surface area contributed by atoms with E-state index < -0.39 is 8.07 Å². The van der Waals surface area contributed by atoms with Crippen molar-refractivity contribution in [2.75, 3.05) is 20.4 Å². The minimum Gasteiger partial charge on any atom is -0.365 e. The van der Waals surface area contributed by atoms with Crippen molar-refractivity contribution < 1.29 is 4.74 Å². The van der Waals surface area contributed by atoms with E-state index in [1.807, 2.05) is 7.05 Å². The maximum Gasteiger partial charge on any atom is 0.113 e. The van der Waals surface area contributed by atoms with Crippen LogP contribution in [0.5, 0.6) is 0 Å². The molecule has 5 heteroatoms. The molecule has 0 aliphatic heterocycles. The highest BCUT2D eigenvalue weighted by atomic mass is 28.3. The standard InChI is InChI=1S/C12H27N3OSi/c1-13-12(11-6-5-7-11)15-14-10-16-8-9-17(2,3)4/h11,14H,5-10H2,1-4H3,(H,13,15). The van der Waals surface area contributed by atoms with Gasteiger partial charge in [0, 0.05) is 27.6 Å². The number of hydrazine groups is 1. The predicted molar refractivity (Wildman–Crippen MR) is 75.9 cm³/mol. The van der Waals surface area contributed by atoms with E-state index in [0.29, 0.717) is 12.6 Å². The zero-order valence-electron chi connectivity index (χ0n) is 11.7. The van der Waals surface area contributed by atoms with Gasteiger partial charge in [-0.05, 0) is 18.9 Å². The molecular weight excluding hydrogens is 230 g/mol. The summed E-state index contributed by atoms with van der Waals surface area (Å²) < 4.78 is 5.54.